The van der Waals surface area contributed by atoms with Crippen LogP contribution in [0, 0.1) is 11.6 Å². The lowest BCUT2D eigenvalue weighted by molar-refractivity contribution is 0.176. The lowest BCUT2D eigenvalue weighted by Gasteiger charge is -2.05. The van der Waals surface area contributed by atoms with E-state index >= 15 is 0 Å². The van der Waals surface area contributed by atoms with E-state index in [4.69, 9.17) is 5.11 Å². The van der Waals surface area contributed by atoms with E-state index in [0.29, 0.717) is 0 Å². The van der Waals surface area contributed by atoms with E-state index in [1.807, 2.05) is 0 Å². The van der Waals surface area contributed by atoms with Crippen LogP contribution in [0.5, 0.6) is 0 Å². The first-order valence-corrected chi connectivity index (χ1v) is 3.35. The van der Waals surface area contributed by atoms with E-state index in [9.17, 15) is 13.2 Å². The van der Waals surface area contributed by atoms with E-state index in [2.05, 4.69) is 0 Å². The summed E-state index contributed by atoms with van der Waals surface area (Å²) in [7, 11) is 0. The summed E-state index contributed by atoms with van der Waals surface area (Å²) in [5.74, 6) is -1.57. The zero-order chi connectivity index (χ0) is 9.14. The van der Waals surface area contributed by atoms with Gasteiger partial charge in [0, 0.05) is 5.56 Å². The second kappa shape index (κ2) is 3.58. The van der Waals surface area contributed by atoms with Crippen LogP contribution in [0.2, 0.25) is 0 Å². The fourth-order valence-electron chi connectivity index (χ4n) is 0.853. The first-order valence-electron chi connectivity index (χ1n) is 3.35. The quantitative estimate of drug-likeness (QED) is 0.730. The van der Waals surface area contributed by atoms with Crippen LogP contribution in [0.4, 0.5) is 13.2 Å². The summed E-state index contributed by atoms with van der Waals surface area (Å²) >= 11 is 0. The van der Waals surface area contributed by atoms with E-state index in [1.165, 1.54) is 0 Å². The van der Waals surface area contributed by atoms with Crippen molar-refractivity contribution in [2.75, 3.05) is 6.61 Å². The van der Waals surface area contributed by atoms with Gasteiger partial charge in [-0.25, -0.2) is 13.2 Å². The molecular formula is C8H7F3O. The molecule has 0 aliphatic rings. The first kappa shape index (κ1) is 9.06. The fraction of sp³-hybridized carbons (Fsp3) is 0.250. The third-order valence-corrected chi connectivity index (χ3v) is 1.46. The van der Waals surface area contributed by atoms with E-state index < -0.39 is 30.0 Å². The summed E-state index contributed by atoms with van der Waals surface area (Å²) in [6.07, 6.45) is -1.86. The van der Waals surface area contributed by atoms with E-state index in [-0.39, 0.29) is 0 Å². The van der Waals surface area contributed by atoms with Crippen LogP contribution < -0.4 is 0 Å². The second-order valence-corrected chi connectivity index (χ2v) is 2.32. The van der Waals surface area contributed by atoms with Crippen molar-refractivity contribution in [3.63, 3.8) is 0 Å². The molecule has 0 saturated carbocycles. The number of rotatable bonds is 2. The highest BCUT2D eigenvalue weighted by molar-refractivity contribution is 5.21. The average Bonchev–Trinajstić information content (AvgIpc) is 2.08. The molecule has 1 rings (SSSR count). The third-order valence-electron chi connectivity index (χ3n) is 1.46. The van der Waals surface area contributed by atoms with Gasteiger partial charge in [0.05, 0.1) is 6.61 Å². The first-order chi connectivity index (χ1) is 5.65. The van der Waals surface area contributed by atoms with Gasteiger partial charge in [-0.1, -0.05) is 0 Å². The summed E-state index contributed by atoms with van der Waals surface area (Å²) in [6, 6.07) is 2.45. The Balaban J connectivity index is 3.04. The topological polar surface area (TPSA) is 20.2 Å². The molecule has 1 aromatic carbocycles. The SMILES string of the molecule is OCC(F)c1cc(F)ccc1F. The van der Waals surface area contributed by atoms with Crippen LogP contribution in [0.15, 0.2) is 18.2 Å². The third kappa shape index (κ3) is 1.76. The van der Waals surface area contributed by atoms with Crippen LogP contribution in [-0.4, -0.2) is 11.7 Å². The summed E-state index contributed by atoms with van der Waals surface area (Å²) < 4.78 is 37.8. The molecule has 0 aliphatic carbocycles. The van der Waals surface area contributed by atoms with Crippen LogP contribution in [-0.2, 0) is 0 Å². The number of aliphatic hydroxyl groups is 1. The Bertz CT molecular complexity index is 275. The fourth-order valence-corrected chi connectivity index (χ4v) is 0.853. The minimum Gasteiger partial charge on any atom is -0.393 e. The largest absolute Gasteiger partial charge is 0.393 e. The molecule has 0 heterocycles. The predicted molar refractivity (Wildman–Crippen MR) is 37.3 cm³/mol. The molecule has 0 radical (unpaired) electrons. The summed E-state index contributed by atoms with van der Waals surface area (Å²) in [5, 5.41) is 8.34. The van der Waals surface area contributed by atoms with Crippen molar-refractivity contribution in [3.8, 4) is 0 Å². The lowest BCUT2D eigenvalue weighted by Crippen LogP contribution is -2.00. The average molecular weight is 176 g/mol. The van der Waals surface area contributed by atoms with Crippen molar-refractivity contribution in [2.24, 2.45) is 0 Å². The van der Waals surface area contributed by atoms with Crippen molar-refractivity contribution >= 4 is 0 Å². The Morgan fingerprint density at radius 2 is 2.00 bits per heavy atom. The standard InChI is InChI=1S/C8H7F3O/c9-5-1-2-7(10)6(3-5)8(11)4-12/h1-3,8,12H,4H2. The number of benzene rings is 1. The van der Waals surface area contributed by atoms with Gasteiger partial charge in [0.2, 0.25) is 0 Å². The number of aliphatic hydroxyl groups excluding tert-OH is 1. The van der Waals surface area contributed by atoms with E-state index in [1.54, 1.807) is 0 Å². The number of hydrogen-bond acceptors (Lipinski definition) is 1. The van der Waals surface area contributed by atoms with Gasteiger partial charge in [0.15, 0.2) is 6.17 Å². The Morgan fingerprint density at radius 1 is 1.33 bits per heavy atom. The zero-order valence-corrected chi connectivity index (χ0v) is 6.10. The Morgan fingerprint density at radius 3 is 2.58 bits per heavy atom. The summed E-state index contributed by atoms with van der Waals surface area (Å²) in [5.41, 5.74) is -0.447. The molecule has 1 N–H and O–H groups in total. The van der Waals surface area contributed by atoms with Crippen molar-refractivity contribution in [3.05, 3.63) is 35.4 Å². The molecule has 0 spiro atoms. The Hall–Kier alpha value is -1.03. The number of alkyl halides is 1. The molecular weight excluding hydrogens is 169 g/mol. The lowest BCUT2D eigenvalue weighted by atomic mass is 10.1. The van der Waals surface area contributed by atoms with E-state index in [0.717, 1.165) is 18.2 Å². The molecule has 1 nitrogen and oxygen atoms in total. The van der Waals surface area contributed by atoms with Crippen molar-refractivity contribution in [1.82, 2.24) is 0 Å². The molecule has 0 fully saturated rings. The molecule has 12 heavy (non-hydrogen) atoms. The van der Waals surface area contributed by atoms with Crippen LogP contribution in [0.3, 0.4) is 0 Å². The van der Waals surface area contributed by atoms with Gasteiger partial charge in [-0.2, -0.15) is 0 Å². The maximum Gasteiger partial charge on any atom is 0.151 e. The maximum atomic E-state index is 12.7. The summed E-state index contributed by atoms with van der Waals surface area (Å²) in [6.45, 7) is -0.847. The molecule has 0 saturated heterocycles. The minimum absolute atomic E-state index is 0.447. The van der Waals surface area contributed by atoms with Crippen LogP contribution in [0.25, 0.3) is 0 Å². The molecule has 4 heteroatoms. The molecule has 1 atom stereocenters. The predicted octanol–water partition coefficient (Wildman–Crippen LogP) is 1.97. The molecule has 66 valence electrons. The van der Waals surface area contributed by atoms with Gasteiger partial charge in [0.25, 0.3) is 0 Å². The second-order valence-electron chi connectivity index (χ2n) is 2.32. The highest BCUT2D eigenvalue weighted by Gasteiger charge is 2.13. The van der Waals surface area contributed by atoms with Crippen LogP contribution >= 0.6 is 0 Å². The van der Waals surface area contributed by atoms with Gasteiger partial charge in [0.1, 0.15) is 11.6 Å². The van der Waals surface area contributed by atoms with Crippen molar-refractivity contribution < 1.29 is 18.3 Å². The van der Waals surface area contributed by atoms with Crippen molar-refractivity contribution in [1.29, 1.82) is 0 Å². The number of hydrogen-bond donors (Lipinski definition) is 1. The normalized spacial score (nSPS) is 13.0. The Kier molecular flexibility index (Phi) is 2.70. The highest BCUT2D eigenvalue weighted by Crippen LogP contribution is 2.20. The highest BCUT2D eigenvalue weighted by atomic mass is 19.1. The Labute approximate surface area is 67.5 Å². The number of halogens is 3. The molecule has 0 aliphatic heterocycles. The van der Waals surface area contributed by atoms with Gasteiger partial charge < -0.3 is 5.11 Å². The summed E-state index contributed by atoms with van der Waals surface area (Å²) in [4.78, 5) is 0. The van der Waals surface area contributed by atoms with Gasteiger partial charge in [-0.15, -0.1) is 0 Å². The molecule has 1 unspecified atom stereocenters. The molecule has 0 aromatic heterocycles. The zero-order valence-electron chi connectivity index (χ0n) is 6.10. The van der Waals surface area contributed by atoms with Gasteiger partial charge in [-0.05, 0) is 18.2 Å². The molecule has 0 amide bonds. The van der Waals surface area contributed by atoms with Gasteiger partial charge >= 0.3 is 0 Å². The molecule has 1 aromatic rings. The smallest absolute Gasteiger partial charge is 0.151 e. The minimum atomic E-state index is -1.86. The van der Waals surface area contributed by atoms with Gasteiger partial charge in [-0.3, -0.25) is 0 Å². The maximum absolute atomic E-state index is 12.7. The van der Waals surface area contributed by atoms with Crippen molar-refractivity contribution in [2.45, 2.75) is 6.17 Å². The molecule has 0 bridgehead atoms. The monoisotopic (exact) mass is 176 g/mol. The van der Waals surface area contributed by atoms with Crippen LogP contribution in [0.1, 0.15) is 11.7 Å².